The quantitative estimate of drug-likeness (QED) is 0.328. The number of esters is 1. The summed E-state index contributed by atoms with van der Waals surface area (Å²) in [5.41, 5.74) is 0.183. The van der Waals surface area contributed by atoms with E-state index < -0.39 is 12.0 Å². The molecular formula is C24H35N5O4. The Morgan fingerprint density at radius 3 is 2.36 bits per heavy atom. The molecule has 3 aliphatic rings. The average Bonchev–Trinajstić information content (AvgIpc) is 3.64. The summed E-state index contributed by atoms with van der Waals surface area (Å²) in [5, 5.41) is 9.67. The topological polar surface area (TPSA) is 97.2 Å². The summed E-state index contributed by atoms with van der Waals surface area (Å²) in [7, 11) is 3.34. The Hall–Kier alpha value is -2.70. The summed E-state index contributed by atoms with van der Waals surface area (Å²) >= 11 is 0. The Labute approximate surface area is 196 Å². The number of carbonyl (C=O) groups is 3. The van der Waals surface area contributed by atoms with Crippen molar-refractivity contribution >= 4 is 17.8 Å². The van der Waals surface area contributed by atoms with Gasteiger partial charge in [0, 0.05) is 38.8 Å². The highest BCUT2D eigenvalue weighted by Crippen LogP contribution is 2.32. The molecule has 0 bridgehead atoms. The Kier molecular flexibility index (Phi) is 7.92. The molecule has 1 aliphatic carbocycles. The molecule has 180 valence electrons. The standard InChI is InChI=1S/C24H35N5O4/c1-6-22(30)27-14-20(29(16(2)3)21(15-27)24(32)33-5)19-13-26(4)9-10-28(19)23(31)18(12-25)11-17-7-8-17/h6,11,16-17,19-21H,1,7-10,13-15H2,2-5H3/b18-11-. The van der Waals surface area contributed by atoms with Crippen molar-refractivity contribution in [1.82, 2.24) is 19.6 Å². The lowest BCUT2D eigenvalue weighted by Crippen LogP contribution is -2.72. The second-order valence-corrected chi connectivity index (χ2v) is 9.45. The van der Waals surface area contributed by atoms with Crippen LogP contribution >= 0.6 is 0 Å². The first kappa shape index (κ1) is 24.9. The van der Waals surface area contributed by atoms with Gasteiger partial charge in [-0.1, -0.05) is 12.7 Å². The molecule has 3 rings (SSSR count). The molecule has 9 nitrogen and oxygen atoms in total. The van der Waals surface area contributed by atoms with E-state index in [1.807, 2.05) is 20.9 Å². The number of rotatable bonds is 6. The van der Waals surface area contributed by atoms with Crippen LogP contribution in [0.3, 0.4) is 0 Å². The van der Waals surface area contributed by atoms with Gasteiger partial charge in [-0.3, -0.25) is 19.3 Å². The molecule has 1 saturated carbocycles. The van der Waals surface area contributed by atoms with Crippen LogP contribution in [0.2, 0.25) is 0 Å². The first-order chi connectivity index (χ1) is 15.7. The van der Waals surface area contributed by atoms with E-state index in [1.165, 1.54) is 13.2 Å². The second kappa shape index (κ2) is 10.5. The number of likely N-dealkylation sites (N-methyl/N-ethyl adjacent to an activating group) is 1. The molecule has 0 N–H and O–H groups in total. The first-order valence-corrected chi connectivity index (χ1v) is 11.6. The lowest BCUT2D eigenvalue weighted by atomic mass is 9.93. The molecule has 2 heterocycles. The van der Waals surface area contributed by atoms with Crippen LogP contribution < -0.4 is 0 Å². The van der Waals surface area contributed by atoms with E-state index in [1.54, 1.807) is 15.9 Å². The van der Waals surface area contributed by atoms with Gasteiger partial charge in [0.1, 0.15) is 17.7 Å². The molecule has 0 aromatic heterocycles. The molecule has 9 heteroatoms. The minimum atomic E-state index is -0.653. The number of amides is 2. The van der Waals surface area contributed by atoms with Crippen LogP contribution in [0.4, 0.5) is 0 Å². The maximum Gasteiger partial charge on any atom is 0.324 e. The van der Waals surface area contributed by atoms with Crippen molar-refractivity contribution in [3.05, 3.63) is 24.3 Å². The molecule has 3 unspecified atom stereocenters. The fraction of sp³-hybridized carbons (Fsp3) is 0.667. The molecule has 3 atom stereocenters. The van der Waals surface area contributed by atoms with Gasteiger partial charge in [0.15, 0.2) is 0 Å². The molecule has 2 saturated heterocycles. The van der Waals surface area contributed by atoms with Gasteiger partial charge in [-0.05, 0) is 45.7 Å². The molecule has 2 aliphatic heterocycles. The SMILES string of the molecule is C=CC(=O)N1CC(C(=O)OC)N(C(C)C)C(C2CN(C)CCN2C(=O)/C(C#N)=C\C2CC2)C1. The summed E-state index contributed by atoms with van der Waals surface area (Å²) in [6, 6.07) is 0.813. The predicted molar refractivity (Wildman–Crippen MR) is 123 cm³/mol. The third kappa shape index (κ3) is 5.45. The van der Waals surface area contributed by atoms with E-state index in [0.29, 0.717) is 32.1 Å². The minimum Gasteiger partial charge on any atom is -0.468 e. The third-order valence-corrected chi connectivity index (χ3v) is 6.80. The van der Waals surface area contributed by atoms with Crippen molar-refractivity contribution in [3.8, 4) is 6.07 Å². The Balaban J connectivity index is 2.00. The van der Waals surface area contributed by atoms with Gasteiger partial charge in [-0.25, -0.2) is 0 Å². The fourth-order valence-electron chi connectivity index (χ4n) is 4.98. The van der Waals surface area contributed by atoms with Gasteiger partial charge >= 0.3 is 5.97 Å². The highest BCUT2D eigenvalue weighted by molar-refractivity contribution is 5.97. The van der Waals surface area contributed by atoms with Crippen molar-refractivity contribution in [2.45, 2.75) is 50.9 Å². The first-order valence-electron chi connectivity index (χ1n) is 11.6. The molecule has 0 radical (unpaired) electrons. The predicted octanol–water partition coefficient (Wildman–Crippen LogP) is 0.638. The molecular weight excluding hydrogens is 422 g/mol. The lowest BCUT2D eigenvalue weighted by molar-refractivity contribution is -0.159. The highest BCUT2D eigenvalue weighted by Gasteiger charge is 2.48. The summed E-state index contributed by atoms with van der Waals surface area (Å²) in [4.78, 5) is 46.4. The number of piperazine rings is 2. The zero-order valence-electron chi connectivity index (χ0n) is 20.1. The number of carbonyl (C=O) groups excluding carboxylic acids is 3. The van der Waals surface area contributed by atoms with E-state index in [2.05, 4.69) is 22.4 Å². The summed E-state index contributed by atoms with van der Waals surface area (Å²) in [5.74, 6) is -0.636. The molecule has 0 spiro atoms. The van der Waals surface area contributed by atoms with E-state index in [-0.39, 0.29) is 42.1 Å². The van der Waals surface area contributed by atoms with Crippen molar-refractivity contribution in [2.24, 2.45) is 5.92 Å². The van der Waals surface area contributed by atoms with Crippen molar-refractivity contribution in [1.29, 1.82) is 5.26 Å². The summed E-state index contributed by atoms with van der Waals surface area (Å²) in [6.45, 7) is 9.90. The highest BCUT2D eigenvalue weighted by atomic mass is 16.5. The van der Waals surface area contributed by atoms with Crippen LogP contribution in [-0.4, -0.2) is 108 Å². The monoisotopic (exact) mass is 457 g/mol. The van der Waals surface area contributed by atoms with Crippen LogP contribution in [0, 0.1) is 17.2 Å². The Morgan fingerprint density at radius 1 is 1.12 bits per heavy atom. The normalized spacial score (nSPS) is 27.3. The van der Waals surface area contributed by atoms with Gasteiger partial charge in [0.05, 0.1) is 19.2 Å². The average molecular weight is 458 g/mol. The summed E-state index contributed by atoms with van der Waals surface area (Å²) < 4.78 is 5.08. The molecule has 33 heavy (non-hydrogen) atoms. The number of ether oxygens (including phenoxy) is 1. The van der Waals surface area contributed by atoms with Gasteiger partial charge in [0.2, 0.25) is 5.91 Å². The smallest absolute Gasteiger partial charge is 0.324 e. The molecule has 2 amide bonds. The van der Waals surface area contributed by atoms with Gasteiger partial charge in [0.25, 0.3) is 5.91 Å². The fourth-order valence-corrected chi connectivity index (χ4v) is 4.98. The van der Waals surface area contributed by atoms with Crippen molar-refractivity contribution in [2.75, 3.05) is 46.9 Å². The van der Waals surface area contributed by atoms with Gasteiger partial charge in [-0.15, -0.1) is 0 Å². The number of allylic oxidation sites excluding steroid dienone is 1. The Bertz CT molecular complexity index is 859. The molecule has 0 aromatic carbocycles. The van der Waals surface area contributed by atoms with Crippen LogP contribution in [-0.2, 0) is 19.1 Å². The maximum absolute atomic E-state index is 13.5. The number of hydrogen-bond donors (Lipinski definition) is 0. The van der Waals surface area contributed by atoms with Crippen molar-refractivity contribution in [3.63, 3.8) is 0 Å². The van der Waals surface area contributed by atoms with E-state index in [4.69, 9.17) is 4.74 Å². The second-order valence-electron chi connectivity index (χ2n) is 9.45. The zero-order valence-corrected chi connectivity index (χ0v) is 20.1. The number of nitrogens with zero attached hydrogens (tertiary/aromatic N) is 5. The van der Waals surface area contributed by atoms with E-state index in [0.717, 1.165) is 12.8 Å². The van der Waals surface area contributed by atoms with Crippen LogP contribution in [0.25, 0.3) is 0 Å². The largest absolute Gasteiger partial charge is 0.468 e. The number of hydrogen-bond acceptors (Lipinski definition) is 7. The minimum absolute atomic E-state index is 0.0262. The van der Waals surface area contributed by atoms with Gasteiger partial charge in [-0.2, -0.15) is 5.26 Å². The lowest BCUT2D eigenvalue weighted by Gasteiger charge is -2.53. The van der Waals surface area contributed by atoms with Crippen LogP contribution in [0.1, 0.15) is 26.7 Å². The van der Waals surface area contributed by atoms with Gasteiger partial charge < -0.3 is 19.4 Å². The number of nitriles is 1. The van der Waals surface area contributed by atoms with Crippen LogP contribution in [0.15, 0.2) is 24.3 Å². The van der Waals surface area contributed by atoms with Crippen LogP contribution in [0.5, 0.6) is 0 Å². The molecule has 3 fully saturated rings. The Morgan fingerprint density at radius 2 is 1.82 bits per heavy atom. The third-order valence-electron chi connectivity index (χ3n) is 6.80. The van der Waals surface area contributed by atoms with Crippen molar-refractivity contribution < 1.29 is 19.1 Å². The number of methoxy groups -OCH3 is 1. The van der Waals surface area contributed by atoms with E-state index >= 15 is 0 Å². The van der Waals surface area contributed by atoms with E-state index in [9.17, 15) is 19.6 Å². The maximum atomic E-state index is 13.5. The molecule has 0 aromatic rings. The summed E-state index contributed by atoms with van der Waals surface area (Å²) in [6.07, 6.45) is 5.06. The zero-order chi connectivity index (χ0) is 24.3.